The zero-order valence-corrected chi connectivity index (χ0v) is 11.7. The van der Waals surface area contributed by atoms with Crippen molar-refractivity contribution >= 4 is 17.2 Å². The molecule has 3 heteroatoms. The first-order valence-corrected chi connectivity index (χ1v) is 6.66. The Morgan fingerprint density at radius 3 is 2.43 bits per heavy atom. The molecular formula is C18H15NO2. The maximum atomic E-state index is 12.6. The summed E-state index contributed by atoms with van der Waals surface area (Å²) in [5.41, 5.74) is 3.39. The van der Waals surface area contributed by atoms with Crippen LogP contribution in [0.5, 0.6) is 0 Å². The van der Waals surface area contributed by atoms with E-state index in [1.165, 1.54) is 4.90 Å². The number of likely N-dealkylation sites (N-methyl/N-ethyl adjacent to an activating group) is 1. The van der Waals surface area contributed by atoms with Gasteiger partial charge >= 0.3 is 0 Å². The molecule has 0 saturated heterocycles. The van der Waals surface area contributed by atoms with Crippen LogP contribution in [0.4, 0.5) is 5.69 Å². The van der Waals surface area contributed by atoms with Crippen molar-refractivity contribution < 1.29 is 9.90 Å². The van der Waals surface area contributed by atoms with Gasteiger partial charge in [-0.25, -0.2) is 0 Å². The number of benzene rings is 2. The fourth-order valence-electron chi connectivity index (χ4n) is 2.82. The Balaban J connectivity index is 2.26. The molecule has 1 atom stereocenters. The zero-order valence-electron chi connectivity index (χ0n) is 11.7. The van der Waals surface area contributed by atoms with Crippen molar-refractivity contribution in [3.05, 3.63) is 78.0 Å². The summed E-state index contributed by atoms with van der Waals surface area (Å²) >= 11 is 0. The van der Waals surface area contributed by atoms with Crippen LogP contribution in [0.15, 0.2) is 66.9 Å². The van der Waals surface area contributed by atoms with E-state index in [9.17, 15) is 9.90 Å². The molecule has 0 aromatic heterocycles. The van der Waals surface area contributed by atoms with Gasteiger partial charge in [0.25, 0.3) is 5.91 Å². The lowest BCUT2D eigenvalue weighted by Gasteiger charge is -2.24. The molecule has 1 aliphatic heterocycles. The number of hydrogen-bond donors (Lipinski definition) is 1. The molecule has 3 rings (SSSR count). The average molecular weight is 277 g/mol. The monoisotopic (exact) mass is 277 g/mol. The van der Waals surface area contributed by atoms with Crippen LogP contribution >= 0.6 is 0 Å². The van der Waals surface area contributed by atoms with Crippen molar-refractivity contribution in [2.75, 3.05) is 11.9 Å². The first-order valence-electron chi connectivity index (χ1n) is 6.66. The topological polar surface area (TPSA) is 40.5 Å². The first kappa shape index (κ1) is 13.4. The summed E-state index contributed by atoms with van der Waals surface area (Å²) in [5.74, 6) is -0.390. The number of carbonyl (C=O) groups excluding carboxylic acids is 1. The number of hydrogen-bond acceptors (Lipinski definition) is 2. The van der Waals surface area contributed by atoms with Crippen LogP contribution < -0.4 is 4.90 Å². The fraction of sp³-hybridized carbons (Fsp3) is 0.111. The molecule has 21 heavy (non-hydrogen) atoms. The zero-order chi connectivity index (χ0) is 15.0. The Morgan fingerprint density at radius 2 is 1.76 bits per heavy atom. The molecule has 2 aromatic carbocycles. The second kappa shape index (κ2) is 4.74. The molecular weight excluding hydrogens is 262 g/mol. The highest BCUT2D eigenvalue weighted by atomic mass is 16.3. The van der Waals surface area contributed by atoms with Crippen LogP contribution in [0.25, 0.3) is 5.57 Å². The number of amides is 1. The molecule has 2 aromatic rings. The standard InChI is InChI=1S/C18H15NO2/c1-3-14(13-9-5-4-6-10-13)18(21)15-11-7-8-12-16(15)19(2)17(18)20/h4-12,21H,1H2,2H3. The minimum Gasteiger partial charge on any atom is -0.371 e. The smallest absolute Gasteiger partial charge is 0.268 e. The van der Waals surface area contributed by atoms with Gasteiger partial charge in [-0.15, -0.1) is 5.73 Å². The first-order chi connectivity index (χ1) is 10.1. The molecule has 0 fully saturated rings. The molecule has 1 heterocycles. The van der Waals surface area contributed by atoms with Gasteiger partial charge in [0.2, 0.25) is 5.60 Å². The number of nitrogens with zero attached hydrogens (tertiary/aromatic N) is 1. The summed E-state index contributed by atoms with van der Waals surface area (Å²) in [7, 11) is 1.66. The number of aliphatic hydroxyl groups is 1. The molecule has 0 aliphatic carbocycles. The van der Waals surface area contributed by atoms with Crippen molar-refractivity contribution in [3.63, 3.8) is 0 Å². The highest BCUT2D eigenvalue weighted by Crippen LogP contribution is 2.46. The number of para-hydroxylation sites is 1. The van der Waals surface area contributed by atoms with Crippen molar-refractivity contribution in [2.24, 2.45) is 0 Å². The quantitative estimate of drug-likeness (QED) is 0.857. The maximum absolute atomic E-state index is 12.6. The summed E-state index contributed by atoms with van der Waals surface area (Å²) in [6, 6.07) is 16.5. The second-order valence-corrected chi connectivity index (χ2v) is 5.01. The number of rotatable bonds is 2. The Hall–Kier alpha value is -2.61. The van der Waals surface area contributed by atoms with E-state index in [0.717, 1.165) is 5.56 Å². The highest BCUT2D eigenvalue weighted by molar-refractivity contribution is 6.14. The van der Waals surface area contributed by atoms with E-state index in [4.69, 9.17) is 0 Å². The van der Waals surface area contributed by atoms with Crippen LogP contribution in [0, 0.1) is 0 Å². The number of anilines is 1. The van der Waals surface area contributed by atoms with E-state index in [1.807, 2.05) is 48.5 Å². The molecule has 0 saturated carbocycles. The van der Waals surface area contributed by atoms with E-state index < -0.39 is 11.5 Å². The third-order valence-electron chi connectivity index (χ3n) is 3.87. The molecule has 1 unspecified atom stereocenters. The number of fused-ring (bicyclic) bond motifs is 1. The lowest BCUT2D eigenvalue weighted by molar-refractivity contribution is -0.130. The van der Waals surface area contributed by atoms with Gasteiger partial charge in [0.05, 0.1) is 5.69 Å². The Kier molecular flexibility index (Phi) is 3.02. The molecule has 104 valence electrons. The molecule has 1 N–H and O–H groups in total. The summed E-state index contributed by atoms with van der Waals surface area (Å²) in [6.07, 6.45) is 0. The minimum atomic E-state index is -1.74. The molecule has 1 aliphatic rings. The summed E-state index contributed by atoms with van der Waals surface area (Å²) < 4.78 is 0. The molecule has 0 spiro atoms. The van der Waals surface area contributed by atoms with E-state index in [-0.39, 0.29) is 0 Å². The molecule has 0 radical (unpaired) electrons. The van der Waals surface area contributed by atoms with E-state index in [0.29, 0.717) is 16.8 Å². The van der Waals surface area contributed by atoms with E-state index in [1.54, 1.807) is 13.1 Å². The predicted octanol–water partition coefficient (Wildman–Crippen LogP) is 2.72. The maximum Gasteiger partial charge on any atom is 0.268 e. The molecule has 3 nitrogen and oxygen atoms in total. The normalized spacial score (nSPS) is 20.1. The van der Waals surface area contributed by atoms with Gasteiger partial charge in [-0.2, -0.15) is 0 Å². The SMILES string of the molecule is C=C=C(c1ccccc1)C1(O)C(=O)N(C)c2ccccc21. The highest BCUT2D eigenvalue weighted by Gasteiger charge is 2.51. The Labute approximate surface area is 123 Å². The van der Waals surface area contributed by atoms with Crippen LogP contribution in [0.3, 0.4) is 0 Å². The van der Waals surface area contributed by atoms with Gasteiger partial charge in [-0.1, -0.05) is 55.1 Å². The van der Waals surface area contributed by atoms with Crippen LogP contribution in [0.2, 0.25) is 0 Å². The Bertz CT molecular complexity index is 760. The third-order valence-corrected chi connectivity index (χ3v) is 3.87. The average Bonchev–Trinajstić information content (AvgIpc) is 2.72. The van der Waals surface area contributed by atoms with Gasteiger partial charge in [0, 0.05) is 18.2 Å². The van der Waals surface area contributed by atoms with Crippen LogP contribution in [0.1, 0.15) is 11.1 Å². The lowest BCUT2D eigenvalue weighted by Crippen LogP contribution is -2.39. The summed E-state index contributed by atoms with van der Waals surface area (Å²) in [4.78, 5) is 14.1. The largest absolute Gasteiger partial charge is 0.371 e. The second-order valence-electron chi connectivity index (χ2n) is 5.01. The lowest BCUT2D eigenvalue weighted by atomic mass is 9.84. The van der Waals surface area contributed by atoms with E-state index >= 15 is 0 Å². The van der Waals surface area contributed by atoms with Crippen molar-refractivity contribution in [3.8, 4) is 0 Å². The number of carbonyl (C=O) groups is 1. The summed E-state index contributed by atoms with van der Waals surface area (Å²) in [6.45, 7) is 3.67. The van der Waals surface area contributed by atoms with Gasteiger partial charge in [0.1, 0.15) is 0 Å². The third kappa shape index (κ3) is 1.76. The van der Waals surface area contributed by atoms with E-state index in [2.05, 4.69) is 12.3 Å². The van der Waals surface area contributed by atoms with Crippen LogP contribution in [-0.4, -0.2) is 18.1 Å². The minimum absolute atomic E-state index is 0.380. The molecule has 0 bridgehead atoms. The Morgan fingerprint density at radius 1 is 1.14 bits per heavy atom. The van der Waals surface area contributed by atoms with Gasteiger partial charge in [-0.05, 0) is 11.6 Å². The van der Waals surface area contributed by atoms with Crippen LogP contribution in [-0.2, 0) is 10.4 Å². The van der Waals surface area contributed by atoms with Crippen molar-refractivity contribution in [1.82, 2.24) is 0 Å². The molecule has 1 amide bonds. The summed E-state index contributed by atoms with van der Waals surface area (Å²) in [5, 5.41) is 11.2. The van der Waals surface area contributed by atoms with Gasteiger partial charge in [0.15, 0.2) is 0 Å². The van der Waals surface area contributed by atoms with Crippen molar-refractivity contribution in [1.29, 1.82) is 0 Å². The van der Waals surface area contributed by atoms with Gasteiger partial charge < -0.3 is 10.0 Å². The fourth-order valence-corrected chi connectivity index (χ4v) is 2.82. The van der Waals surface area contributed by atoms with Crippen molar-refractivity contribution in [2.45, 2.75) is 5.60 Å². The predicted molar refractivity (Wildman–Crippen MR) is 82.7 cm³/mol. The van der Waals surface area contributed by atoms with Gasteiger partial charge in [-0.3, -0.25) is 4.79 Å².